The van der Waals surface area contributed by atoms with Crippen molar-refractivity contribution >= 4 is 11.6 Å². The molecule has 3 aromatic rings. The number of likely N-dealkylation sites (N-methyl/N-ethyl adjacent to an activating group) is 1. The zero-order chi connectivity index (χ0) is 21.2. The Labute approximate surface area is 178 Å². The summed E-state index contributed by atoms with van der Waals surface area (Å²) in [4.78, 5) is 15.3. The van der Waals surface area contributed by atoms with E-state index in [4.69, 9.17) is 9.47 Å². The molecule has 0 bridgehead atoms. The summed E-state index contributed by atoms with van der Waals surface area (Å²) in [6.45, 7) is 7.54. The summed E-state index contributed by atoms with van der Waals surface area (Å²) in [5.41, 5.74) is 1.09. The first-order valence-electron chi connectivity index (χ1n) is 10.3. The molecule has 0 atom stereocenters. The average Bonchev–Trinajstić information content (AvgIpc) is 2.79. The summed E-state index contributed by atoms with van der Waals surface area (Å²) in [6, 6.07) is 24.2. The summed E-state index contributed by atoms with van der Waals surface area (Å²) in [5.74, 6) is 1.62. The Morgan fingerprint density at radius 2 is 1.47 bits per heavy atom. The molecule has 0 aromatic heterocycles. The number of carbonyl (C=O) groups is 1. The Hall–Kier alpha value is -3.31. The molecule has 0 aliphatic heterocycles. The maximum Gasteiger partial charge on any atom is 0.259 e. The molecule has 0 heterocycles. The van der Waals surface area contributed by atoms with Gasteiger partial charge in [-0.25, -0.2) is 0 Å². The number of benzene rings is 3. The SMILES string of the molecule is CCN(CC)CCOc1ccccc1C(=O)Nc1ccccc1Oc1ccccc1. The summed E-state index contributed by atoms with van der Waals surface area (Å²) >= 11 is 0. The lowest BCUT2D eigenvalue weighted by Gasteiger charge is -2.19. The van der Waals surface area contributed by atoms with Crippen LogP contribution in [-0.2, 0) is 0 Å². The minimum absolute atomic E-state index is 0.238. The van der Waals surface area contributed by atoms with Gasteiger partial charge in [-0.15, -0.1) is 0 Å². The number of nitrogens with zero attached hydrogens (tertiary/aromatic N) is 1. The lowest BCUT2D eigenvalue weighted by Crippen LogP contribution is -2.28. The Bertz CT molecular complexity index is 940. The van der Waals surface area contributed by atoms with Gasteiger partial charge in [0.1, 0.15) is 18.1 Å². The van der Waals surface area contributed by atoms with Gasteiger partial charge in [0.05, 0.1) is 11.3 Å². The van der Waals surface area contributed by atoms with Crippen LogP contribution < -0.4 is 14.8 Å². The van der Waals surface area contributed by atoms with E-state index in [0.717, 1.165) is 19.6 Å². The van der Waals surface area contributed by atoms with Crippen LogP contribution in [0.15, 0.2) is 78.9 Å². The molecule has 0 aliphatic rings. The molecule has 5 nitrogen and oxygen atoms in total. The smallest absolute Gasteiger partial charge is 0.259 e. The highest BCUT2D eigenvalue weighted by atomic mass is 16.5. The highest BCUT2D eigenvalue weighted by Gasteiger charge is 2.15. The maximum atomic E-state index is 13.0. The fraction of sp³-hybridized carbons (Fsp3) is 0.240. The van der Waals surface area contributed by atoms with Crippen molar-refractivity contribution < 1.29 is 14.3 Å². The number of carbonyl (C=O) groups excluding carboxylic acids is 1. The van der Waals surface area contributed by atoms with Gasteiger partial charge in [0.15, 0.2) is 5.75 Å². The minimum Gasteiger partial charge on any atom is -0.491 e. The second kappa shape index (κ2) is 11.0. The summed E-state index contributed by atoms with van der Waals surface area (Å²) in [5, 5.41) is 2.95. The average molecular weight is 405 g/mol. The first-order valence-corrected chi connectivity index (χ1v) is 10.3. The zero-order valence-electron chi connectivity index (χ0n) is 17.5. The van der Waals surface area contributed by atoms with E-state index in [1.165, 1.54) is 0 Å². The number of hydrogen-bond acceptors (Lipinski definition) is 4. The number of nitrogens with one attached hydrogen (secondary N) is 1. The van der Waals surface area contributed by atoms with Crippen LogP contribution >= 0.6 is 0 Å². The van der Waals surface area contributed by atoms with Crippen molar-refractivity contribution in [1.29, 1.82) is 0 Å². The molecule has 5 heteroatoms. The fourth-order valence-electron chi connectivity index (χ4n) is 3.07. The Morgan fingerprint density at radius 3 is 2.20 bits per heavy atom. The van der Waals surface area contributed by atoms with Crippen LogP contribution in [0, 0.1) is 0 Å². The molecule has 30 heavy (non-hydrogen) atoms. The topological polar surface area (TPSA) is 50.8 Å². The lowest BCUT2D eigenvalue weighted by atomic mass is 10.1. The maximum absolute atomic E-state index is 13.0. The fourth-order valence-corrected chi connectivity index (χ4v) is 3.07. The van der Waals surface area contributed by atoms with Crippen molar-refractivity contribution in [1.82, 2.24) is 4.90 Å². The van der Waals surface area contributed by atoms with Gasteiger partial charge in [-0.1, -0.05) is 56.3 Å². The van der Waals surface area contributed by atoms with Crippen molar-refractivity contribution in [2.24, 2.45) is 0 Å². The van der Waals surface area contributed by atoms with Gasteiger partial charge >= 0.3 is 0 Å². The molecule has 0 unspecified atom stereocenters. The number of rotatable bonds is 10. The molecule has 156 valence electrons. The molecule has 0 saturated heterocycles. The van der Waals surface area contributed by atoms with E-state index in [9.17, 15) is 4.79 Å². The first kappa shape index (κ1) is 21.4. The molecule has 1 amide bonds. The third-order valence-corrected chi connectivity index (χ3v) is 4.80. The number of ether oxygens (including phenoxy) is 2. The van der Waals surface area contributed by atoms with Crippen LogP contribution in [0.4, 0.5) is 5.69 Å². The Morgan fingerprint density at radius 1 is 0.833 bits per heavy atom. The molecule has 3 rings (SSSR count). The van der Waals surface area contributed by atoms with E-state index in [1.807, 2.05) is 72.8 Å². The summed E-state index contributed by atoms with van der Waals surface area (Å²) in [7, 11) is 0. The second-order valence-corrected chi connectivity index (χ2v) is 6.74. The molecule has 3 aromatic carbocycles. The highest BCUT2D eigenvalue weighted by Crippen LogP contribution is 2.30. The van der Waals surface area contributed by atoms with Gasteiger partial charge in [-0.2, -0.15) is 0 Å². The van der Waals surface area contributed by atoms with Gasteiger partial charge in [0.2, 0.25) is 0 Å². The molecule has 1 N–H and O–H groups in total. The van der Waals surface area contributed by atoms with Crippen LogP contribution in [0.5, 0.6) is 17.2 Å². The largest absolute Gasteiger partial charge is 0.491 e. The molecule has 0 saturated carbocycles. The highest BCUT2D eigenvalue weighted by molar-refractivity contribution is 6.06. The lowest BCUT2D eigenvalue weighted by molar-refractivity contribution is 0.102. The molecular weight excluding hydrogens is 376 g/mol. The van der Waals surface area contributed by atoms with Gasteiger partial charge < -0.3 is 19.7 Å². The number of amides is 1. The van der Waals surface area contributed by atoms with Crippen LogP contribution in [0.3, 0.4) is 0 Å². The van der Waals surface area contributed by atoms with E-state index >= 15 is 0 Å². The number of hydrogen-bond donors (Lipinski definition) is 1. The van der Waals surface area contributed by atoms with Crippen LogP contribution in [0.2, 0.25) is 0 Å². The normalized spacial score (nSPS) is 10.6. The molecule has 0 spiro atoms. The van der Waals surface area contributed by atoms with E-state index in [0.29, 0.717) is 35.1 Å². The molecular formula is C25H28N2O3. The quantitative estimate of drug-likeness (QED) is 0.488. The monoisotopic (exact) mass is 404 g/mol. The van der Waals surface area contributed by atoms with Crippen molar-refractivity contribution in [3.05, 3.63) is 84.4 Å². The molecule has 0 aliphatic carbocycles. The zero-order valence-corrected chi connectivity index (χ0v) is 17.5. The minimum atomic E-state index is -0.238. The van der Waals surface area contributed by atoms with Crippen LogP contribution in [0.1, 0.15) is 24.2 Å². The van der Waals surface area contributed by atoms with Gasteiger partial charge in [-0.05, 0) is 49.5 Å². The molecule has 0 radical (unpaired) electrons. The predicted octanol–water partition coefficient (Wildman–Crippen LogP) is 5.45. The van der Waals surface area contributed by atoms with Gasteiger partial charge in [-0.3, -0.25) is 4.79 Å². The van der Waals surface area contributed by atoms with E-state index in [2.05, 4.69) is 24.1 Å². The van der Waals surface area contributed by atoms with Crippen LogP contribution in [0.25, 0.3) is 0 Å². The summed E-state index contributed by atoms with van der Waals surface area (Å²) < 4.78 is 11.9. The van der Waals surface area contributed by atoms with E-state index in [-0.39, 0.29) is 5.91 Å². The predicted molar refractivity (Wildman–Crippen MR) is 121 cm³/mol. The standard InChI is InChI=1S/C25H28N2O3/c1-3-27(4-2)18-19-29-23-16-10-8-14-21(23)25(28)26-22-15-9-11-17-24(22)30-20-12-6-5-7-13-20/h5-17H,3-4,18-19H2,1-2H3,(H,26,28). The first-order chi connectivity index (χ1) is 14.7. The van der Waals surface area contributed by atoms with Crippen LogP contribution in [-0.4, -0.2) is 37.0 Å². The number of para-hydroxylation sites is 4. The summed E-state index contributed by atoms with van der Waals surface area (Å²) in [6.07, 6.45) is 0. The Kier molecular flexibility index (Phi) is 7.86. The van der Waals surface area contributed by atoms with E-state index < -0.39 is 0 Å². The molecule has 0 fully saturated rings. The van der Waals surface area contributed by atoms with Crippen molar-refractivity contribution in [2.45, 2.75) is 13.8 Å². The van der Waals surface area contributed by atoms with Gasteiger partial charge in [0, 0.05) is 6.54 Å². The number of anilines is 1. The van der Waals surface area contributed by atoms with E-state index in [1.54, 1.807) is 6.07 Å². The van der Waals surface area contributed by atoms with Gasteiger partial charge in [0.25, 0.3) is 5.91 Å². The van der Waals surface area contributed by atoms with Crippen molar-refractivity contribution in [2.75, 3.05) is 31.6 Å². The van der Waals surface area contributed by atoms with Crippen molar-refractivity contribution in [3.8, 4) is 17.2 Å². The second-order valence-electron chi connectivity index (χ2n) is 6.74. The Balaban J connectivity index is 1.71. The van der Waals surface area contributed by atoms with Crippen molar-refractivity contribution in [3.63, 3.8) is 0 Å². The third kappa shape index (κ3) is 5.84. The third-order valence-electron chi connectivity index (χ3n) is 4.80.